The molecule has 0 aliphatic rings. The van der Waals surface area contributed by atoms with E-state index in [2.05, 4.69) is 4.99 Å². The van der Waals surface area contributed by atoms with Crippen LogP contribution >= 0.6 is 11.3 Å². The summed E-state index contributed by atoms with van der Waals surface area (Å²) in [6, 6.07) is 4.92. The van der Waals surface area contributed by atoms with E-state index in [0.29, 0.717) is 11.3 Å². The number of hydrogen-bond acceptors (Lipinski definition) is 3. The molecule has 6 heteroatoms. The van der Waals surface area contributed by atoms with Crippen molar-refractivity contribution < 1.29 is 4.79 Å². The van der Waals surface area contributed by atoms with E-state index in [1.807, 2.05) is 18.6 Å². The number of aromatic nitrogens is 2. The Morgan fingerprint density at radius 1 is 1.39 bits per heavy atom. The van der Waals surface area contributed by atoms with Gasteiger partial charge in [0.25, 0.3) is 5.56 Å². The lowest BCUT2D eigenvalue weighted by Gasteiger charge is -2.01. The maximum atomic E-state index is 11.7. The summed E-state index contributed by atoms with van der Waals surface area (Å²) in [5.41, 5.74) is -0.105. The molecular weight excluding hydrogens is 250 g/mol. The van der Waals surface area contributed by atoms with Gasteiger partial charge in [-0.25, -0.2) is 0 Å². The lowest BCUT2D eigenvalue weighted by molar-refractivity contribution is -0.118. The summed E-state index contributed by atoms with van der Waals surface area (Å²) in [5, 5.41) is 1.87. The van der Waals surface area contributed by atoms with Gasteiger partial charge in [-0.1, -0.05) is 6.07 Å². The van der Waals surface area contributed by atoms with Crippen molar-refractivity contribution in [2.45, 2.75) is 13.0 Å². The molecule has 0 unspecified atom stereocenters. The Balaban J connectivity index is 2.04. The fraction of sp³-hybridized carbons (Fsp3) is 0.250. The predicted molar refractivity (Wildman–Crippen MR) is 69.2 cm³/mol. The van der Waals surface area contributed by atoms with Gasteiger partial charge in [0, 0.05) is 43.9 Å². The minimum absolute atomic E-state index is 0.105. The van der Waals surface area contributed by atoms with Crippen LogP contribution < -0.4 is 10.4 Å². The second-order valence-corrected chi connectivity index (χ2v) is 4.66. The first-order valence-electron chi connectivity index (χ1n) is 5.50. The molecule has 0 saturated heterocycles. The number of rotatable bonds is 3. The smallest absolute Gasteiger partial charge is 0.250 e. The van der Waals surface area contributed by atoms with E-state index in [-0.39, 0.29) is 17.9 Å². The van der Waals surface area contributed by atoms with Crippen LogP contribution in [0, 0.1) is 0 Å². The highest BCUT2D eigenvalue weighted by atomic mass is 32.1. The van der Waals surface area contributed by atoms with E-state index in [9.17, 15) is 9.59 Å². The van der Waals surface area contributed by atoms with Crippen LogP contribution in [0.1, 0.15) is 6.42 Å². The van der Waals surface area contributed by atoms with E-state index >= 15 is 0 Å². The highest BCUT2D eigenvalue weighted by Gasteiger charge is 2.01. The number of thiazole rings is 1. The van der Waals surface area contributed by atoms with Crippen molar-refractivity contribution in [3.8, 4) is 0 Å². The topological polar surface area (TPSA) is 56.4 Å². The summed E-state index contributed by atoms with van der Waals surface area (Å²) in [6.45, 7) is 0.358. The number of carbonyl (C=O) groups excluding carboxylic acids is 1. The maximum Gasteiger partial charge on any atom is 0.250 e. The number of amides is 1. The van der Waals surface area contributed by atoms with Crippen molar-refractivity contribution >= 4 is 17.2 Å². The first-order valence-corrected chi connectivity index (χ1v) is 6.38. The lowest BCUT2D eigenvalue weighted by Crippen LogP contribution is -2.20. The maximum absolute atomic E-state index is 11.7. The fourth-order valence-corrected chi connectivity index (χ4v) is 2.21. The normalized spacial score (nSPS) is 11.7. The van der Waals surface area contributed by atoms with Crippen molar-refractivity contribution in [2.75, 3.05) is 0 Å². The minimum atomic E-state index is -0.219. The standard InChI is InChI=1S/C12H13N3O2S/c1-14-8-9-18-12(14)13-10(16)5-7-15-6-3-2-4-11(15)17/h2-4,6,8-9H,5,7H2,1H3. The van der Waals surface area contributed by atoms with Crippen molar-refractivity contribution in [3.05, 3.63) is 51.1 Å². The van der Waals surface area contributed by atoms with Crippen LogP contribution in [-0.4, -0.2) is 15.0 Å². The quantitative estimate of drug-likeness (QED) is 0.821. The lowest BCUT2D eigenvalue weighted by atomic mass is 10.4. The Hall–Kier alpha value is -1.95. The summed E-state index contributed by atoms with van der Waals surface area (Å²) in [7, 11) is 1.84. The zero-order chi connectivity index (χ0) is 13.0. The first-order chi connectivity index (χ1) is 8.66. The number of aryl methyl sites for hydroxylation is 2. The van der Waals surface area contributed by atoms with Gasteiger partial charge < -0.3 is 9.13 Å². The molecule has 0 N–H and O–H groups in total. The number of pyridine rings is 1. The van der Waals surface area contributed by atoms with Crippen LogP contribution in [0.5, 0.6) is 0 Å². The zero-order valence-electron chi connectivity index (χ0n) is 9.94. The molecule has 2 heterocycles. The molecule has 0 aromatic carbocycles. The van der Waals surface area contributed by atoms with Crippen molar-refractivity contribution in [1.82, 2.24) is 9.13 Å². The molecule has 0 saturated carbocycles. The van der Waals surface area contributed by atoms with Gasteiger partial charge >= 0.3 is 0 Å². The Morgan fingerprint density at radius 2 is 2.22 bits per heavy atom. The third kappa shape index (κ3) is 3.04. The van der Waals surface area contributed by atoms with Crippen LogP contribution in [0.15, 0.2) is 45.8 Å². The van der Waals surface area contributed by atoms with Gasteiger partial charge in [0.15, 0.2) is 4.80 Å². The summed E-state index contributed by atoms with van der Waals surface area (Å²) < 4.78 is 3.29. The van der Waals surface area contributed by atoms with E-state index in [0.717, 1.165) is 0 Å². The van der Waals surface area contributed by atoms with Crippen LogP contribution in [-0.2, 0) is 18.4 Å². The van der Waals surface area contributed by atoms with E-state index in [1.54, 1.807) is 22.9 Å². The Morgan fingerprint density at radius 3 is 2.89 bits per heavy atom. The summed E-state index contributed by atoms with van der Waals surface area (Å²) in [6.07, 6.45) is 3.74. The monoisotopic (exact) mass is 263 g/mol. The van der Waals surface area contributed by atoms with Gasteiger partial charge in [-0.15, -0.1) is 11.3 Å². The largest absolute Gasteiger partial charge is 0.327 e. The predicted octanol–water partition coefficient (Wildman–Crippen LogP) is 0.766. The fourth-order valence-electron chi connectivity index (χ4n) is 1.46. The Bertz CT molecular complexity index is 666. The average molecular weight is 263 g/mol. The van der Waals surface area contributed by atoms with Crippen LogP contribution in [0.4, 0.5) is 0 Å². The molecule has 0 atom stereocenters. The molecule has 0 aliphatic carbocycles. The molecule has 0 spiro atoms. The number of hydrogen-bond donors (Lipinski definition) is 0. The van der Waals surface area contributed by atoms with Crippen molar-refractivity contribution in [3.63, 3.8) is 0 Å². The van der Waals surface area contributed by atoms with Gasteiger partial charge in [0.05, 0.1) is 0 Å². The molecule has 0 radical (unpaired) electrons. The highest BCUT2D eigenvalue weighted by molar-refractivity contribution is 7.07. The minimum Gasteiger partial charge on any atom is -0.327 e. The van der Waals surface area contributed by atoms with E-state index < -0.39 is 0 Å². The first kappa shape index (κ1) is 12.5. The van der Waals surface area contributed by atoms with Crippen molar-refractivity contribution in [1.29, 1.82) is 0 Å². The van der Waals surface area contributed by atoms with Crippen LogP contribution in [0.3, 0.4) is 0 Å². The van der Waals surface area contributed by atoms with E-state index in [1.165, 1.54) is 22.0 Å². The third-order valence-corrected chi connectivity index (χ3v) is 3.29. The number of carbonyl (C=O) groups is 1. The molecule has 0 fully saturated rings. The average Bonchev–Trinajstić information content (AvgIpc) is 2.74. The van der Waals surface area contributed by atoms with E-state index in [4.69, 9.17) is 0 Å². The SMILES string of the molecule is Cn1ccsc1=NC(=O)CCn1ccccc1=O. The molecule has 94 valence electrons. The molecule has 2 aromatic rings. The van der Waals surface area contributed by atoms with Gasteiger partial charge in [-0.05, 0) is 6.07 Å². The molecular formula is C12H13N3O2S. The highest BCUT2D eigenvalue weighted by Crippen LogP contribution is 1.92. The van der Waals surface area contributed by atoms with Crippen LogP contribution in [0.2, 0.25) is 0 Å². The molecule has 2 rings (SSSR count). The second kappa shape index (κ2) is 5.59. The van der Waals surface area contributed by atoms with Gasteiger partial charge in [0.2, 0.25) is 5.91 Å². The molecule has 0 bridgehead atoms. The van der Waals surface area contributed by atoms with Gasteiger partial charge in [-0.3, -0.25) is 9.59 Å². The molecule has 1 amide bonds. The van der Waals surface area contributed by atoms with Crippen LogP contribution in [0.25, 0.3) is 0 Å². The molecule has 2 aromatic heterocycles. The Labute approximate surface area is 108 Å². The summed E-state index contributed by atoms with van der Waals surface area (Å²) >= 11 is 1.41. The molecule has 18 heavy (non-hydrogen) atoms. The van der Waals surface area contributed by atoms with Gasteiger partial charge in [0.1, 0.15) is 0 Å². The molecule has 0 aliphatic heterocycles. The summed E-state index contributed by atoms with van der Waals surface area (Å²) in [5.74, 6) is -0.219. The van der Waals surface area contributed by atoms with Crippen molar-refractivity contribution in [2.24, 2.45) is 12.0 Å². The second-order valence-electron chi connectivity index (χ2n) is 3.78. The van der Waals surface area contributed by atoms with Gasteiger partial charge in [-0.2, -0.15) is 4.99 Å². The number of nitrogens with zero attached hydrogens (tertiary/aromatic N) is 3. The third-order valence-electron chi connectivity index (χ3n) is 2.45. The zero-order valence-corrected chi connectivity index (χ0v) is 10.8. The summed E-state index contributed by atoms with van der Waals surface area (Å²) in [4.78, 5) is 27.7. The Kier molecular flexibility index (Phi) is 3.88. The molecule has 5 nitrogen and oxygen atoms in total.